The number of rotatable bonds is 7. The minimum absolute atomic E-state index is 0.0735. The van der Waals surface area contributed by atoms with Gasteiger partial charge >= 0.3 is 6.03 Å². The van der Waals surface area contributed by atoms with E-state index in [1.54, 1.807) is 0 Å². The third-order valence-electron chi connectivity index (χ3n) is 6.02. The molecule has 2 aliphatic rings. The van der Waals surface area contributed by atoms with Crippen LogP contribution in [-0.4, -0.2) is 68.3 Å². The Hall–Kier alpha value is -1.63. The molecule has 0 aromatic heterocycles. The van der Waals surface area contributed by atoms with Gasteiger partial charge in [0.2, 0.25) is 0 Å². The number of carbonyl (C=O) groups excluding carboxylic acids is 1. The Kier molecular flexibility index (Phi) is 7.71. The molecule has 1 aliphatic carbocycles. The summed E-state index contributed by atoms with van der Waals surface area (Å²) in [6, 6.07) is 8.37. The van der Waals surface area contributed by atoms with E-state index in [0.717, 1.165) is 45.0 Å². The molecule has 0 bridgehead atoms. The molecule has 156 valence electrons. The van der Waals surface area contributed by atoms with Gasteiger partial charge in [0.15, 0.2) is 0 Å². The molecule has 0 atom stereocenters. The fraction of sp³-hybridized carbons (Fsp3) is 0.682. The summed E-state index contributed by atoms with van der Waals surface area (Å²) < 4.78 is 5.53. The van der Waals surface area contributed by atoms with Crippen LogP contribution in [0.2, 0.25) is 0 Å². The fourth-order valence-electron chi connectivity index (χ4n) is 4.47. The van der Waals surface area contributed by atoms with E-state index in [4.69, 9.17) is 4.74 Å². The number of carbonyl (C=O) groups is 1. The molecular weight excluding hydrogens is 352 g/mol. The van der Waals surface area contributed by atoms with Crippen molar-refractivity contribution in [3.8, 4) is 0 Å². The second kappa shape index (κ2) is 10.2. The lowest BCUT2D eigenvalue weighted by molar-refractivity contribution is -0.0357. The van der Waals surface area contributed by atoms with E-state index in [-0.39, 0.29) is 11.6 Å². The Morgan fingerprint density at radius 1 is 1.04 bits per heavy atom. The number of nitrogens with zero attached hydrogens (tertiary/aromatic N) is 2. The van der Waals surface area contributed by atoms with E-state index >= 15 is 0 Å². The van der Waals surface area contributed by atoms with Crippen LogP contribution in [0.25, 0.3) is 0 Å². The first-order chi connectivity index (χ1) is 13.6. The van der Waals surface area contributed by atoms with Gasteiger partial charge in [-0.05, 0) is 38.1 Å². The smallest absolute Gasteiger partial charge is 0.315 e. The minimum Gasteiger partial charge on any atom is -0.379 e. The van der Waals surface area contributed by atoms with E-state index in [1.807, 2.05) is 0 Å². The Bertz CT molecular complexity index is 605. The second-order valence-corrected chi connectivity index (χ2v) is 8.47. The number of amides is 2. The largest absolute Gasteiger partial charge is 0.379 e. The van der Waals surface area contributed by atoms with Crippen LogP contribution < -0.4 is 10.6 Å². The van der Waals surface area contributed by atoms with Gasteiger partial charge in [0.25, 0.3) is 0 Å². The van der Waals surface area contributed by atoms with Crippen LogP contribution in [-0.2, 0) is 17.8 Å². The molecule has 1 aromatic carbocycles. The maximum atomic E-state index is 12.4. The predicted octanol–water partition coefficient (Wildman–Crippen LogP) is 2.58. The molecule has 1 saturated carbocycles. The summed E-state index contributed by atoms with van der Waals surface area (Å²) in [5, 5.41) is 6.17. The quantitative estimate of drug-likeness (QED) is 0.754. The van der Waals surface area contributed by atoms with Crippen molar-refractivity contribution in [2.45, 2.75) is 50.7 Å². The maximum Gasteiger partial charge on any atom is 0.315 e. The van der Waals surface area contributed by atoms with Crippen molar-refractivity contribution >= 4 is 6.03 Å². The number of nitrogens with one attached hydrogen (secondary N) is 2. The fourth-order valence-corrected chi connectivity index (χ4v) is 4.47. The molecule has 0 unspecified atom stereocenters. The first kappa shape index (κ1) is 21.1. The van der Waals surface area contributed by atoms with Crippen molar-refractivity contribution < 1.29 is 9.53 Å². The first-order valence-corrected chi connectivity index (χ1v) is 10.6. The van der Waals surface area contributed by atoms with Gasteiger partial charge in [0.05, 0.1) is 13.2 Å². The van der Waals surface area contributed by atoms with E-state index in [1.165, 1.54) is 37.7 Å². The molecule has 2 N–H and O–H groups in total. The van der Waals surface area contributed by atoms with Gasteiger partial charge < -0.3 is 20.3 Å². The Morgan fingerprint density at radius 2 is 1.68 bits per heavy atom. The summed E-state index contributed by atoms with van der Waals surface area (Å²) in [5.41, 5.74) is 2.51. The summed E-state index contributed by atoms with van der Waals surface area (Å²) in [6.45, 7) is 5.76. The summed E-state index contributed by atoms with van der Waals surface area (Å²) in [4.78, 5) is 17.1. The van der Waals surface area contributed by atoms with Gasteiger partial charge in [-0.25, -0.2) is 4.79 Å². The number of ether oxygens (including phenoxy) is 1. The van der Waals surface area contributed by atoms with Gasteiger partial charge in [0.1, 0.15) is 0 Å². The zero-order valence-electron chi connectivity index (χ0n) is 17.5. The van der Waals surface area contributed by atoms with Crippen molar-refractivity contribution in [3.05, 3.63) is 35.4 Å². The summed E-state index contributed by atoms with van der Waals surface area (Å²) in [6.07, 6.45) is 6.14. The second-order valence-electron chi connectivity index (χ2n) is 8.47. The molecule has 28 heavy (non-hydrogen) atoms. The monoisotopic (exact) mass is 388 g/mol. The van der Waals surface area contributed by atoms with E-state index < -0.39 is 0 Å². The van der Waals surface area contributed by atoms with Crippen molar-refractivity contribution in [2.24, 2.45) is 0 Å². The number of urea groups is 1. The van der Waals surface area contributed by atoms with Crippen LogP contribution in [0.15, 0.2) is 24.3 Å². The normalized spacial score (nSPS) is 20.1. The predicted molar refractivity (Wildman–Crippen MR) is 112 cm³/mol. The molecule has 1 aliphatic heterocycles. The Labute approximate surface area is 169 Å². The van der Waals surface area contributed by atoms with Crippen LogP contribution in [0.1, 0.15) is 43.2 Å². The van der Waals surface area contributed by atoms with Crippen molar-refractivity contribution in [1.29, 1.82) is 0 Å². The van der Waals surface area contributed by atoms with Gasteiger partial charge in [-0.15, -0.1) is 0 Å². The Morgan fingerprint density at radius 3 is 2.32 bits per heavy atom. The standard InChI is InChI=1S/C22H36N4O2/c1-25(2)17-20-8-6-19(7-9-20)16-23-21(27)24-18-22(10-4-3-5-11-22)26-12-14-28-15-13-26/h6-9H,3-5,10-18H2,1-2H3,(H2,23,24,27). The minimum atomic E-state index is -0.0735. The molecule has 2 fully saturated rings. The van der Waals surface area contributed by atoms with Crippen LogP contribution >= 0.6 is 0 Å². The summed E-state index contributed by atoms with van der Waals surface area (Å²) >= 11 is 0. The van der Waals surface area contributed by atoms with E-state index in [2.05, 4.69) is 58.8 Å². The molecule has 3 rings (SSSR count). The zero-order chi connectivity index (χ0) is 19.8. The molecule has 1 aromatic rings. The van der Waals surface area contributed by atoms with Gasteiger partial charge in [-0.1, -0.05) is 43.5 Å². The number of hydrogen-bond donors (Lipinski definition) is 2. The zero-order valence-corrected chi connectivity index (χ0v) is 17.5. The van der Waals surface area contributed by atoms with Crippen LogP contribution in [0.5, 0.6) is 0 Å². The summed E-state index contributed by atoms with van der Waals surface area (Å²) in [7, 11) is 4.13. The highest BCUT2D eigenvalue weighted by Gasteiger charge is 2.38. The molecule has 6 heteroatoms. The van der Waals surface area contributed by atoms with Gasteiger partial charge in [-0.3, -0.25) is 4.90 Å². The highest BCUT2D eigenvalue weighted by Crippen LogP contribution is 2.33. The third kappa shape index (κ3) is 5.93. The lowest BCUT2D eigenvalue weighted by atomic mass is 9.80. The van der Waals surface area contributed by atoms with Crippen molar-refractivity contribution in [1.82, 2.24) is 20.4 Å². The van der Waals surface area contributed by atoms with Gasteiger partial charge in [0, 0.05) is 38.3 Å². The topological polar surface area (TPSA) is 56.8 Å². The van der Waals surface area contributed by atoms with Crippen LogP contribution in [0.3, 0.4) is 0 Å². The highest BCUT2D eigenvalue weighted by atomic mass is 16.5. The number of morpholine rings is 1. The molecule has 6 nitrogen and oxygen atoms in total. The highest BCUT2D eigenvalue weighted by molar-refractivity contribution is 5.73. The van der Waals surface area contributed by atoms with Crippen molar-refractivity contribution in [3.63, 3.8) is 0 Å². The molecule has 1 saturated heterocycles. The SMILES string of the molecule is CN(C)Cc1ccc(CNC(=O)NCC2(N3CCOCC3)CCCCC2)cc1. The average molecular weight is 389 g/mol. The van der Waals surface area contributed by atoms with Crippen LogP contribution in [0, 0.1) is 0 Å². The van der Waals surface area contributed by atoms with E-state index in [0.29, 0.717) is 6.54 Å². The molecule has 2 amide bonds. The molecule has 1 heterocycles. The number of benzene rings is 1. The average Bonchev–Trinajstić information content (AvgIpc) is 2.73. The maximum absolute atomic E-state index is 12.4. The lowest BCUT2D eigenvalue weighted by Gasteiger charge is -2.48. The molecule has 0 radical (unpaired) electrons. The number of hydrogen-bond acceptors (Lipinski definition) is 4. The van der Waals surface area contributed by atoms with Gasteiger partial charge in [-0.2, -0.15) is 0 Å². The lowest BCUT2D eigenvalue weighted by Crippen LogP contribution is -2.60. The molecule has 0 spiro atoms. The van der Waals surface area contributed by atoms with Crippen molar-refractivity contribution in [2.75, 3.05) is 46.9 Å². The third-order valence-corrected chi connectivity index (χ3v) is 6.02. The summed E-state index contributed by atoms with van der Waals surface area (Å²) in [5.74, 6) is 0. The van der Waals surface area contributed by atoms with E-state index in [9.17, 15) is 4.79 Å². The first-order valence-electron chi connectivity index (χ1n) is 10.6. The Balaban J connectivity index is 1.48. The molecular formula is C22H36N4O2. The van der Waals surface area contributed by atoms with Crippen LogP contribution in [0.4, 0.5) is 4.79 Å².